The fourth-order valence-electron chi connectivity index (χ4n) is 4.63. The Kier molecular flexibility index (Phi) is 9.85. The molecule has 3 atom stereocenters. The smallest absolute Gasteiger partial charge is 0.273 e. The van der Waals surface area contributed by atoms with Crippen molar-refractivity contribution in [2.45, 2.75) is 52.7 Å². The predicted molar refractivity (Wildman–Crippen MR) is 166 cm³/mol. The number of aliphatic hydroxyl groups is 2. The number of nitro benzene ring substituents is 2. The molecule has 0 saturated heterocycles. The molecule has 43 heavy (non-hydrogen) atoms. The molecule has 4 N–H and O–H groups in total. The van der Waals surface area contributed by atoms with Gasteiger partial charge in [-0.25, -0.2) is 8.42 Å². The first-order chi connectivity index (χ1) is 19.8. The lowest BCUT2D eigenvalue weighted by Gasteiger charge is -2.21. The Labute approximate surface area is 251 Å². The highest BCUT2D eigenvalue weighted by Crippen LogP contribution is 2.31. The number of benzene rings is 2. The molecule has 0 amide bonds. The number of hydrogen-bond acceptors (Lipinski definition) is 9. The van der Waals surface area contributed by atoms with Crippen molar-refractivity contribution in [3.8, 4) is 0 Å². The first-order valence-electron chi connectivity index (χ1n) is 13.4. The van der Waals surface area contributed by atoms with Crippen molar-refractivity contribution in [2.75, 3.05) is 23.0 Å². The summed E-state index contributed by atoms with van der Waals surface area (Å²) in [6, 6.07) is 9.42. The number of hydrogen-bond donors (Lipinski definition) is 4. The molecule has 0 fully saturated rings. The average Bonchev–Trinajstić information content (AvgIpc) is 3.51. The molecule has 0 saturated carbocycles. The molecular formula is C28H36N4O9S2. The average molecular weight is 637 g/mol. The molecule has 0 aliphatic carbocycles. The monoisotopic (exact) mass is 636 g/mol. The number of nitrogens with zero attached hydrogens (tertiary/aromatic N) is 2. The van der Waals surface area contributed by atoms with Gasteiger partial charge in [0.15, 0.2) is 9.84 Å². The summed E-state index contributed by atoms with van der Waals surface area (Å²) in [4.78, 5) is 27.0. The zero-order chi connectivity index (χ0) is 32.5. The lowest BCUT2D eigenvalue weighted by Crippen LogP contribution is -2.32. The Hall–Kier alpha value is -3.66. The lowest BCUT2D eigenvalue weighted by atomic mass is 10.1. The van der Waals surface area contributed by atoms with Crippen LogP contribution in [0.5, 0.6) is 0 Å². The van der Waals surface area contributed by atoms with Crippen LogP contribution < -0.4 is 0 Å². The van der Waals surface area contributed by atoms with Gasteiger partial charge in [0.2, 0.25) is 0 Å². The Morgan fingerprint density at radius 2 is 1.23 bits per heavy atom. The summed E-state index contributed by atoms with van der Waals surface area (Å²) in [5, 5.41) is 44.1. The Morgan fingerprint density at radius 1 is 0.814 bits per heavy atom. The molecule has 15 heteroatoms. The molecule has 13 nitrogen and oxygen atoms in total. The van der Waals surface area contributed by atoms with Gasteiger partial charge in [-0.05, 0) is 52.0 Å². The summed E-state index contributed by atoms with van der Waals surface area (Å²) in [6.45, 7) is 9.60. The van der Waals surface area contributed by atoms with Gasteiger partial charge in [0.1, 0.15) is 11.2 Å². The number of H-pyrrole nitrogens is 2. The number of fused-ring (bicyclic) bond motifs is 2. The van der Waals surface area contributed by atoms with Crippen LogP contribution in [0.4, 0.5) is 11.4 Å². The van der Waals surface area contributed by atoms with Crippen molar-refractivity contribution in [1.82, 2.24) is 9.97 Å². The van der Waals surface area contributed by atoms with E-state index in [0.29, 0.717) is 44.6 Å². The minimum atomic E-state index is -3.37. The van der Waals surface area contributed by atoms with E-state index >= 15 is 0 Å². The maximum Gasteiger partial charge on any atom is 0.273 e. The van der Waals surface area contributed by atoms with E-state index in [9.17, 15) is 43.1 Å². The standard InChI is InChI=1S/C14H18N2O5S.C14H18N2O4S/c1-4-22(20,21)8-14(3,17)13-7-10-6-12(16(18)19)9(2)5-11(10)15-13;1-4-21(20)8-14(3,17)13-7-10-6-12(16(18)19)9(2)5-11(10)15-13/h5-7,15,17H,4,8H2,1-3H3;5-7,15,17H,4,8H2,1-3H3/t14-;14-,21?/m00/s1. The second-order valence-corrected chi connectivity index (χ2v) is 15.0. The fourth-order valence-corrected chi connectivity index (χ4v) is 6.83. The molecule has 2 aromatic heterocycles. The third kappa shape index (κ3) is 7.84. The SMILES string of the molecule is CCS(=O)(=O)C[C@](C)(O)c1cc2cc([N+](=O)[O-])c(C)cc2[nH]1.CCS(=O)C[C@](C)(O)c1cc2cc([N+](=O)[O-])c(C)cc2[nH]1. The van der Waals surface area contributed by atoms with Crippen LogP contribution in [0.1, 0.15) is 50.2 Å². The van der Waals surface area contributed by atoms with Crippen molar-refractivity contribution < 1.29 is 32.7 Å². The lowest BCUT2D eigenvalue weighted by molar-refractivity contribution is -0.385. The van der Waals surface area contributed by atoms with E-state index in [4.69, 9.17) is 0 Å². The minimum absolute atomic E-state index is 0.0149. The molecule has 0 aliphatic rings. The zero-order valence-corrected chi connectivity index (χ0v) is 26.4. The Bertz CT molecular complexity index is 1820. The zero-order valence-electron chi connectivity index (χ0n) is 24.8. The van der Waals surface area contributed by atoms with E-state index < -0.39 is 47.4 Å². The largest absolute Gasteiger partial charge is 0.383 e. The molecule has 234 valence electrons. The molecule has 0 spiro atoms. The van der Waals surface area contributed by atoms with Crippen LogP contribution in [-0.4, -0.2) is 65.7 Å². The number of aromatic nitrogens is 2. The van der Waals surface area contributed by atoms with Crippen molar-refractivity contribution in [3.05, 3.63) is 79.1 Å². The maximum atomic E-state index is 11.7. The van der Waals surface area contributed by atoms with Crippen LogP contribution in [0.15, 0.2) is 36.4 Å². The third-order valence-corrected chi connectivity index (χ3v) is 10.5. The van der Waals surface area contributed by atoms with Gasteiger partial charge in [0.05, 0.1) is 21.4 Å². The van der Waals surface area contributed by atoms with Gasteiger partial charge in [-0.15, -0.1) is 0 Å². The number of aromatic amines is 2. The molecule has 2 heterocycles. The molecule has 0 radical (unpaired) electrons. The minimum Gasteiger partial charge on any atom is -0.383 e. The predicted octanol–water partition coefficient (Wildman–Crippen LogP) is 4.39. The summed E-state index contributed by atoms with van der Waals surface area (Å²) in [7, 11) is -4.48. The van der Waals surface area contributed by atoms with Crippen LogP contribution in [0.25, 0.3) is 21.8 Å². The highest BCUT2D eigenvalue weighted by Gasteiger charge is 2.31. The number of nitro groups is 2. The number of aryl methyl sites for hydroxylation is 2. The molecular weight excluding hydrogens is 600 g/mol. The van der Waals surface area contributed by atoms with Crippen LogP contribution in [0.2, 0.25) is 0 Å². The molecule has 4 aromatic rings. The second-order valence-electron chi connectivity index (χ2n) is 10.9. The second kappa shape index (κ2) is 12.5. The van der Waals surface area contributed by atoms with Gasteiger partial charge in [-0.1, -0.05) is 13.8 Å². The summed E-state index contributed by atoms with van der Waals surface area (Å²) in [5.74, 6) is 0.122. The fraction of sp³-hybridized carbons (Fsp3) is 0.429. The van der Waals surface area contributed by atoms with Crippen LogP contribution in [0, 0.1) is 34.1 Å². The van der Waals surface area contributed by atoms with Gasteiger partial charge in [0, 0.05) is 78.8 Å². The Balaban J connectivity index is 0.000000236. The quantitative estimate of drug-likeness (QED) is 0.143. The first-order valence-corrected chi connectivity index (χ1v) is 16.7. The normalized spacial score (nSPS) is 15.3. The van der Waals surface area contributed by atoms with Crippen LogP contribution in [0.3, 0.4) is 0 Å². The van der Waals surface area contributed by atoms with Gasteiger partial charge in [-0.2, -0.15) is 0 Å². The van der Waals surface area contributed by atoms with Gasteiger partial charge in [0.25, 0.3) is 11.4 Å². The van der Waals surface area contributed by atoms with Crippen molar-refractivity contribution >= 4 is 53.8 Å². The number of rotatable bonds is 10. The van der Waals surface area contributed by atoms with E-state index in [0.717, 1.165) is 5.52 Å². The van der Waals surface area contributed by atoms with Gasteiger partial charge < -0.3 is 20.2 Å². The molecule has 0 aliphatic heterocycles. The van der Waals surface area contributed by atoms with Crippen molar-refractivity contribution in [1.29, 1.82) is 0 Å². The van der Waals surface area contributed by atoms with E-state index in [1.165, 1.54) is 26.0 Å². The van der Waals surface area contributed by atoms with E-state index in [2.05, 4.69) is 9.97 Å². The summed E-state index contributed by atoms with van der Waals surface area (Å²) >= 11 is 0. The van der Waals surface area contributed by atoms with Crippen LogP contribution in [-0.2, 0) is 31.8 Å². The summed E-state index contributed by atoms with van der Waals surface area (Å²) < 4.78 is 35.1. The highest BCUT2D eigenvalue weighted by atomic mass is 32.2. The number of nitrogens with one attached hydrogen (secondary N) is 2. The maximum absolute atomic E-state index is 11.7. The topological polar surface area (TPSA) is 210 Å². The molecule has 2 aromatic carbocycles. The van der Waals surface area contributed by atoms with E-state index in [1.54, 1.807) is 52.0 Å². The molecule has 4 rings (SSSR count). The summed E-state index contributed by atoms with van der Waals surface area (Å²) in [6.07, 6.45) is 0. The molecule has 1 unspecified atom stereocenters. The highest BCUT2D eigenvalue weighted by molar-refractivity contribution is 7.91. The molecule has 0 bridgehead atoms. The van der Waals surface area contributed by atoms with Gasteiger partial charge in [-0.3, -0.25) is 24.4 Å². The summed E-state index contributed by atoms with van der Waals surface area (Å²) in [5.41, 5.74) is 0.397. The van der Waals surface area contributed by atoms with Crippen molar-refractivity contribution in [2.24, 2.45) is 0 Å². The Morgan fingerprint density at radius 3 is 1.60 bits per heavy atom. The third-order valence-electron chi connectivity index (χ3n) is 7.13. The van der Waals surface area contributed by atoms with E-state index in [-0.39, 0.29) is 22.9 Å². The van der Waals surface area contributed by atoms with E-state index in [1.807, 2.05) is 0 Å². The first kappa shape index (κ1) is 33.8. The number of sulfone groups is 1. The van der Waals surface area contributed by atoms with Crippen molar-refractivity contribution in [3.63, 3.8) is 0 Å². The van der Waals surface area contributed by atoms with Gasteiger partial charge >= 0.3 is 0 Å². The van der Waals surface area contributed by atoms with Crippen LogP contribution >= 0.6 is 0 Å².